The lowest BCUT2D eigenvalue weighted by molar-refractivity contribution is 1.06. The zero-order valence-electron chi connectivity index (χ0n) is 28.5. The van der Waals surface area contributed by atoms with Crippen LogP contribution in [0, 0.1) is 0 Å². The first-order chi connectivity index (χ1) is 26.3. The summed E-state index contributed by atoms with van der Waals surface area (Å²) in [5.41, 5.74) is 11.7. The van der Waals surface area contributed by atoms with E-state index in [1.54, 1.807) is 0 Å². The van der Waals surface area contributed by atoms with Gasteiger partial charge in [0, 0.05) is 68.1 Å². The summed E-state index contributed by atoms with van der Waals surface area (Å²) in [7, 11) is 0. The van der Waals surface area contributed by atoms with Crippen LogP contribution in [0.2, 0.25) is 0 Å². The second-order valence-electron chi connectivity index (χ2n) is 12.9. The van der Waals surface area contributed by atoms with Gasteiger partial charge in [0.25, 0.3) is 0 Å². The molecule has 53 heavy (non-hydrogen) atoms. The molecule has 7 nitrogen and oxygen atoms in total. The molecular formula is C46H31N7. The standard InChI is InChI=1S/C46H31N7/c1-3-9-35(10-4-1)51-28-26-33-18-24-40-41-29-39(23-25-43(41)53(45(40)44(33)51)36-11-5-2-6-12-36)52(37-19-14-32(15-20-37)42-13-7-8-27-48-42)38-21-16-34(17-22-38)46-49-30-47-31-50-46/h1-31H. The SMILES string of the molecule is c1ccc(-n2ccc3ccc4c5cc(N(c6ccc(-c7ccccn7)cc6)c6ccc(-c7ncncn7)cc6)ccc5n(-c5ccccc5)c4c32)cc1. The van der Waals surface area contributed by atoms with Crippen LogP contribution in [-0.4, -0.2) is 29.1 Å². The van der Waals surface area contributed by atoms with Gasteiger partial charge in [-0.05, 0) is 97.1 Å². The molecule has 0 aliphatic carbocycles. The second kappa shape index (κ2) is 12.7. The molecule has 10 aromatic rings. The van der Waals surface area contributed by atoms with Gasteiger partial charge in [-0.15, -0.1) is 0 Å². The molecule has 0 fully saturated rings. The maximum Gasteiger partial charge on any atom is 0.162 e. The van der Waals surface area contributed by atoms with Crippen molar-refractivity contribution in [1.29, 1.82) is 0 Å². The predicted octanol–water partition coefficient (Wildman–Crippen LogP) is 11.1. The van der Waals surface area contributed by atoms with Crippen molar-refractivity contribution in [2.45, 2.75) is 0 Å². The molecule has 0 aliphatic heterocycles. The maximum atomic E-state index is 4.58. The predicted molar refractivity (Wildman–Crippen MR) is 214 cm³/mol. The number of aromatic nitrogens is 6. The Hall–Kier alpha value is -7.38. The van der Waals surface area contributed by atoms with E-state index in [1.807, 2.05) is 24.4 Å². The van der Waals surface area contributed by atoms with Crippen LogP contribution in [0.5, 0.6) is 0 Å². The molecule has 7 heteroatoms. The zero-order valence-corrected chi connectivity index (χ0v) is 28.5. The topological polar surface area (TPSA) is 64.7 Å². The lowest BCUT2D eigenvalue weighted by atomic mass is 10.1. The van der Waals surface area contributed by atoms with Gasteiger partial charge in [0.1, 0.15) is 12.7 Å². The van der Waals surface area contributed by atoms with Crippen molar-refractivity contribution in [3.63, 3.8) is 0 Å². The van der Waals surface area contributed by atoms with Gasteiger partial charge in [-0.3, -0.25) is 4.98 Å². The van der Waals surface area contributed by atoms with Crippen LogP contribution in [0.25, 0.3) is 66.7 Å². The van der Waals surface area contributed by atoms with E-state index < -0.39 is 0 Å². The van der Waals surface area contributed by atoms with Gasteiger partial charge < -0.3 is 14.0 Å². The summed E-state index contributed by atoms with van der Waals surface area (Å²) in [4.78, 5) is 19.6. The molecule has 0 saturated carbocycles. The van der Waals surface area contributed by atoms with Crippen molar-refractivity contribution in [1.82, 2.24) is 29.1 Å². The van der Waals surface area contributed by atoms with Crippen molar-refractivity contribution < 1.29 is 0 Å². The Morgan fingerprint density at radius 3 is 1.83 bits per heavy atom. The summed E-state index contributed by atoms with van der Waals surface area (Å²) < 4.78 is 4.71. The molecule has 0 N–H and O–H groups in total. The van der Waals surface area contributed by atoms with Gasteiger partial charge in [0.2, 0.25) is 0 Å². The minimum absolute atomic E-state index is 0.638. The van der Waals surface area contributed by atoms with E-state index in [0.29, 0.717) is 5.82 Å². The number of nitrogens with zero attached hydrogens (tertiary/aromatic N) is 7. The van der Waals surface area contributed by atoms with E-state index in [9.17, 15) is 0 Å². The molecule has 6 aromatic carbocycles. The summed E-state index contributed by atoms with van der Waals surface area (Å²) >= 11 is 0. The van der Waals surface area contributed by atoms with Crippen LogP contribution in [0.4, 0.5) is 17.1 Å². The summed E-state index contributed by atoms with van der Waals surface area (Å²) in [5, 5.41) is 3.54. The molecule has 0 radical (unpaired) electrons. The average molecular weight is 682 g/mol. The van der Waals surface area contributed by atoms with Crippen molar-refractivity contribution in [3.8, 4) is 34.0 Å². The Kier molecular flexibility index (Phi) is 7.32. The summed E-state index contributed by atoms with van der Waals surface area (Å²) in [5.74, 6) is 0.638. The zero-order chi connectivity index (χ0) is 35.1. The van der Waals surface area contributed by atoms with Crippen LogP contribution >= 0.6 is 0 Å². The first-order valence-electron chi connectivity index (χ1n) is 17.5. The number of hydrogen-bond donors (Lipinski definition) is 0. The highest BCUT2D eigenvalue weighted by molar-refractivity contribution is 6.19. The van der Waals surface area contributed by atoms with Crippen LogP contribution in [-0.2, 0) is 0 Å². The molecule has 0 atom stereocenters. The second-order valence-corrected chi connectivity index (χ2v) is 12.9. The minimum atomic E-state index is 0.638. The first kappa shape index (κ1) is 30.4. The van der Waals surface area contributed by atoms with E-state index in [0.717, 1.165) is 50.8 Å². The Morgan fingerprint density at radius 2 is 1.13 bits per heavy atom. The van der Waals surface area contributed by atoms with Gasteiger partial charge in [0.05, 0.1) is 22.2 Å². The fourth-order valence-corrected chi connectivity index (χ4v) is 7.41. The fourth-order valence-electron chi connectivity index (χ4n) is 7.41. The average Bonchev–Trinajstić information content (AvgIpc) is 3.82. The number of benzene rings is 6. The monoisotopic (exact) mass is 681 g/mol. The highest BCUT2D eigenvalue weighted by Crippen LogP contribution is 2.42. The molecule has 4 heterocycles. The third kappa shape index (κ3) is 5.30. The van der Waals surface area contributed by atoms with E-state index in [-0.39, 0.29) is 0 Å². The molecule has 0 saturated heterocycles. The summed E-state index contributed by atoms with van der Waals surface area (Å²) in [6.07, 6.45) is 7.05. The largest absolute Gasteiger partial charge is 0.315 e. The van der Waals surface area contributed by atoms with E-state index >= 15 is 0 Å². The van der Waals surface area contributed by atoms with Gasteiger partial charge >= 0.3 is 0 Å². The van der Waals surface area contributed by atoms with Gasteiger partial charge in [-0.1, -0.05) is 66.7 Å². The lowest BCUT2D eigenvalue weighted by Gasteiger charge is -2.26. The fraction of sp³-hybridized carbons (Fsp3) is 0. The molecule has 0 unspecified atom stereocenters. The van der Waals surface area contributed by atoms with Crippen LogP contribution in [0.15, 0.2) is 189 Å². The summed E-state index contributed by atoms with van der Waals surface area (Å²) in [6.45, 7) is 0. The van der Waals surface area contributed by atoms with Gasteiger partial charge in [0.15, 0.2) is 5.82 Å². The van der Waals surface area contributed by atoms with Crippen LogP contribution in [0.3, 0.4) is 0 Å². The molecule has 0 aliphatic rings. The number of para-hydroxylation sites is 2. The number of rotatable bonds is 7. The third-order valence-corrected chi connectivity index (χ3v) is 9.83. The van der Waals surface area contributed by atoms with Gasteiger partial charge in [-0.25, -0.2) is 15.0 Å². The van der Waals surface area contributed by atoms with Crippen LogP contribution in [0.1, 0.15) is 0 Å². The van der Waals surface area contributed by atoms with Crippen LogP contribution < -0.4 is 4.90 Å². The molecule has 0 spiro atoms. The first-order valence-corrected chi connectivity index (χ1v) is 17.5. The third-order valence-electron chi connectivity index (χ3n) is 9.83. The van der Waals surface area contributed by atoms with Crippen molar-refractivity contribution in [2.24, 2.45) is 0 Å². The highest BCUT2D eigenvalue weighted by atomic mass is 15.1. The van der Waals surface area contributed by atoms with E-state index in [1.165, 1.54) is 39.8 Å². The summed E-state index contributed by atoms with van der Waals surface area (Å²) in [6, 6.07) is 57.7. The number of pyridine rings is 1. The molecule has 0 bridgehead atoms. The highest BCUT2D eigenvalue weighted by Gasteiger charge is 2.21. The van der Waals surface area contributed by atoms with Gasteiger partial charge in [-0.2, -0.15) is 0 Å². The van der Waals surface area contributed by atoms with Crippen molar-refractivity contribution in [2.75, 3.05) is 4.90 Å². The number of fused-ring (bicyclic) bond motifs is 5. The molecule has 250 valence electrons. The van der Waals surface area contributed by atoms with Crippen molar-refractivity contribution in [3.05, 3.63) is 189 Å². The Labute approximate surface area is 305 Å². The normalized spacial score (nSPS) is 11.4. The Bertz CT molecular complexity index is 2770. The molecular weight excluding hydrogens is 651 g/mol. The molecule has 4 aromatic heterocycles. The number of hydrogen-bond acceptors (Lipinski definition) is 5. The smallest absolute Gasteiger partial charge is 0.162 e. The number of anilines is 3. The van der Waals surface area contributed by atoms with E-state index in [4.69, 9.17) is 0 Å². The maximum absolute atomic E-state index is 4.58. The van der Waals surface area contributed by atoms with E-state index in [2.05, 4.69) is 186 Å². The quantitative estimate of drug-likeness (QED) is 0.167. The minimum Gasteiger partial charge on any atom is -0.315 e. The lowest BCUT2D eigenvalue weighted by Crippen LogP contribution is -2.10. The Balaban J connectivity index is 1.19. The Morgan fingerprint density at radius 1 is 0.472 bits per heavy atom. The van der Waals surface area contributed by atoms with Crippen molar-refractivity contribution >= 4 is 49.8 Å². The molecule has 10 rings (SSSR count). The molecule has 0 amide bonds.